The van der Waals surface area contributed by atoms with Crippen LogP contribution in [0.5, 0.6) is 5.75 Å². The Labute approximate surface area is 462 Å². The second-order valence-electron chi connectivity index (χ2n) is 26.9. The predicted octanol–water partition coefficient (Wildman–Crippen LogP) is 16.5. The molecule has 23 atom stereocenters. The van der Waals surface area contributed by atoms with Crippen molar-refractivity contribution in [1.29, 1.82) is 5.31 Å². The molecule has 0 aromatic heterocycles. The molecule has 77 heavy (non-hydrogen) atoms. The molecule has 0 amide bonds. The predicted molar refractivity (Wildman–Crippen MR) is 310 cm³/mol. The monoisotopic (exact) mass is 1020 g/mol. The molecule has 14 aliphatic carbocycles. The van der Waals surface area contributed by atoms with E-state index in [1.165, 1.54) is 70.3 Å². The van der Waals surface area contributed by atoms with E-state index in [9.17, 15) is 9.59 Å². The molecule has 10 saturated carbocycles. The summed E-state index contributed by atoms with van der Waals surface area (Å²) in [5.41, 5.74) is 5.27. The van der Waals surface area contributed by atoms with Gasteiger partial charge in [0.1, 0.15) is 5.75 Å². The molecule has 4 aromatic rings. The van der Waals surface area contributed by atoms with Gasteiger partial charge in [0.05, 0.1) is 0 Å². The summed E-state index contributed by atoms with van der Waals surface area (Å²) in [6.07, 6.45) is 39.2. The Kier molecular flexibility index (Phi) is 14.5. The van der Waals surface area contributed by atoms with Crippen molar-refractivity contribution < 1.29 is 14.3 Å². The van der Waals surface area contributed by atoms with Crippen LogP contribution in [0.25, 0.3) is 0 Å². The normalized spacial score (nSPS) is 41.7. The molecular weight excluding hydrogens is 938 g/mol. The third-order valence-corrected chi connectivity index (χ3v) is 23.4. The van der Waals surface area contributed by atoms with Gasteiger partial charge in [-0.3, -0.25) is 9.59 Å². The Morgan fingerprint density at radius 3 is 1.51 bits per heavy atom. The van der Waals surface area contributed by atoms with Crippen LogP contribution in [0.3, 0.4) is 0 Å². The van der Waals surface area contributed by atoms with Crippen molar-refractivity contribution >= 4 is 19.4 Å². The zero-order chi connectivity index (χ0) is 52.3. The number of benzene rings is 4. The van der Waals surface area contributed by atoms with Gasteiger partial charge in [-0.15, -0.1) is 0 Å². The molecule has 5 heteroatoms. The van der Waals surface area contributed by atoms with Crippen LogP contribution >= 0.6 is 0 Å². The van der Waals surface area contributed by atoms with Gasteiger partial charge >= 0.3 is 18.9 Å². The summed E-state index contributed by atoms with van der Waals surface area (Å²) in [4.78, 5) is 21.6. The number of ketones is 1. The Balaban J connectivity index is 0.0000000930. The van der Waals surface area contributed by atoms with Crippen LogP contribution in [0.4, 0.5) is 0 Å². The van der Waals surface area contributed by atoms with Gasteiger partial charge < -0.3 is 4.74 Å². The molecule has 0 spiro atoms. The molecule has 0 aliphatic heterocycles. The summed E-state index contributed by atoms with van der Waals surface area (Å²) in [7, 11) is 3.75. The third kappa shape index (κ3) is 9.72. The SMILES string of the molecule is C1=CC2CC1C1C3CC(Cc4ccccc4)C(C3)C21.C1=CC2CC1C1C3CC(c4ccccc4)C(C3)C21.C1=CC2CC1C1C3CCC(C3)C21.CC(=O)Oc1cccc(C2CC3C=CC2C3)c1.CC(=O)c1ccccc1.[B]=N. The summed E-state index contributed by atoms with van der Waals surface area (Å²) in [5.74, 6) is 23.4. The number of ether oxygens (including phenoxy) is 1. The molecule has 0 heterocycles. The van der Waals surface area contributed by atoms with E-state index < -0.39 is 0 Å². The van der Waals surface area contributed by atoms with Crippen LogP contribution < -0.4 is 4.74 Å². The molecule has 14 bridgehead atoms. The minimum atomic E-state index is -0.255. The minimum absolute atomic E-state index is 0.121. The van der Waals surface area contributed by atoms with Gasteiger partial charge in [-0.05, 0) is 255 Å². The average molecular weight is 1020 g/mol. The first kappa shape index (κ1) is 51.3. The summed E-state index contributed by atoms with van der Waals surface area (Å²) >= 11 is 0. The van der Waals surface area contributed by atoms with Crippen LogP contribution in [-0.2, 0) is 11.2 Å². The van der Waals surface area contributed by atoms with Crippen LogP contribution in [0, 0.1) is 130 Å². The Bertz CT molecular complexity index is 2830. The number of nitrogens with one attached hydrogen (secondary N) is 1. The quantitative estimate of drug-likeness (QED) is 0.0523. The Morgan fingerprint density at radius 1 is 0.455 bits per heavy atom. The van der Waals surface area contributed by atoms with Crippen LogP contribution in [0.2, 0.25) is 0 Å². The number of Topliss-reactive ketones (excluding diaryl/α,β-unsaturated/α-hetero) is 1. The molecule has 397 valence electrons. The molecule has 0 saturated heterocycles. The van der Waals surface area contributed by atoms with E-state index in [0.29, 0.717) is 17.6 Å². The van der Waals surface area contributed by atoms with Crippen LogP contribution in [0.15, 0.2) is 164 Å². The average Bonchev–Trinajstić information content (AvgIpc) is 4.41. The van der Waals surface area contributed by atoms with E-state index in [1.54, 1.807) is 43.7 Å². The summed E-state index contributed by atoms with van der Waals surface area (Å²) in [5, 5.41) is 5.25. The first-order valence-corrected chi connectivity index (χ1v) is 30.7. The zero-order valence-electron chi connectivity index (χ0n) is 45.9. The number of allylic oxidation sites excluding steroid dienone is 8. The van der Waals surface area contributed by atoms with Crippen molar-refractivity contribution in [2.45, 2.75) is 109 Å². The second-order valence-corrected chi connectivity index (χ2v) is 26.9. The maximum absolute atomic E-state index is 10.9. The Morgan fingerprint density at radius 2 is 0.961 bits per heavy atom. The fourth-order valence-corrected chi connectivity index (χ4v) is 21.2. The maximum atomic E-state index is 10.9. The molecule has 14 aliphatic rings. The van der Waals surface area contributed by atoms with Crippen molar-refractivity contribution in [2.75, 3.05) is 0 Å². The number of hydrogen-bond donors (Lipinski definition) is 1. The van der Waals surface area contributed by atoms with Gasteiger partial charge in [0.2, 0.25) is 0 Å². The van der Waals surface area contributed by atoms with Crippen molar-refractivity contribution in [3.8, 4) is 5.75 Å². The molecule has 1 radical (unpaired) electrons. The molecular formula is C72H83BNO3. The van der Waals surface area contributed by atoms with Gasteiger partial charge in [0.25, 0.3) is 0 Å². The van der Waals surface area contributed by atoms with Crippen molar-refractivity contribution in [2.24, 2.45) is 124 Å². The number of esters is 1. The van der Waals surface area contributed by atoms with Crippen molar-refractivity contribution in [1.82, 2.24) is 0 Å². The van der Waals surface area contributed by atoms with Gasteiger partial charge in [0.15, 0.2) is 5.78 Å². The number of carbonyl (C=O) groups is 2. The van der Waals surface area contributed by atoms with E-state index >= 15 is 0 Å². The number of carbonyl (C=O) groups excluding carboxylic acids is 2. The summed E-state index contributed by atoms with van der Waals surface area (Å²) in [6, 6.07) is 39.7. The summed E-state index contributed by atoms with van der Waals surface area (Å²) < 4.78 is 5.14. The fraction of sp³-hybridized carbons (Fsp3) is 0.528. The van der Waals surface area contributed by atoms with Gasteiger partial charge in [-0.25, -0.2) is 0 Å². The molecule has 1 N–H and O–H groups in total. The van der Waals surface area contributed by atoms with E-state index in [1.807, 2.05) is 48.5 Å². The molecule has 4 aromatic carbocycles. The van der Waals surface area contributed by atoms with E-state index in [4.69, 9.17) is 10.0 Å². The molecule has 18 rings (SSSR count). The van der Waals surface area contributed by atoms with Crippen LogP contribution in [-0.4, -0.2) is 19.4 Å². The number of hydrogen-bond acceptors (Lipinski definition) is 4. The van der Waals surface area contributed by atoms with Gasteiger partial charge in [0, 0.05) is 12.5 Å². The third-order valence-electron chi connectivity index (χ3n) is 23.4. The van der Waals surface area contributed by atoms with Gasteiger partial charge in [-0.1, -0.05) is 152 Å². The van der Waals surface area contributed by atoms with Gasteiger partial charge in [-0.2, -0.15) is 0 Å². The van der Waals surface area contributed by atoms with E-state index in [2.05, 4.69) is 123 Å². The van der Waals surface area contributed by atoms with E-state index in [-0.39, 0.29) is 11.8 Å². The Hall–Kier alpha value is -5.16. The first-order valence-electron chi connectivity index (χ1n) is 30.7. The second kappa shape index (κ2) is 21.8. The van der Waals surface area contributed by atoms with Crippen molar-refractivity contribution in [3.05, 3.63) is 186 Å². The number of fused-ring (bicyclic) bond motifs is 29. The molecule has 10 fully saturated rings. The van der Waals surface area contributed by atoms with Crippen molar-refractivity contribution in [3.63, 3.8) is 0 Å². The fourth-order valence-electron chi connectivity index (χ4n) is 21.2. The van der Waals surface area contributed by atoms with E-state index in [0.717, 1.165) is 130 Å². The zero-order valence-corrected chi connectivity index (χ0v) is 45.9. The topological polar surface area (TPSA) is 67.2 Å². The molecule has 4 nitrogen and oxygen atoms in total. The van der Waals surface area contributed by atoms with Crippen LogP contribution in [0.1, 0.15) is 130 Å². The summed E-state index contributed by atoms with van der Waals surface area (Å²) in [6.45, 7) is 3.00. The molecule has 23 unspecified atom stereocenters. The standard InChI is InChI=1S/C19H22.C18H20.C15H16O2.C12H16.C8H8O.BHN/c1-2-4-12(5-3-1)8-15-10-16-11-17(15)19-14-7-6-13(9-14)18(16)19;1-2-4-11(5-3-1)15-9-14-10-16(15)18-13-7-6-12(8-13)17(14)18;1-10(16)17-14-4-2-3-12(9-14)15-8-11-5-6-13(15)7-11;1-2-8-5-7(1)11-9-3-4-10(6-9)12(8)11;1-7(9)8-5-3-2-4-6-8;1-2/h1-7,13-19H,8-11H2;1-7,12-18H,8-10H2;2-6,9,11,13,15H,7-8H2,1H3;1-2,7-12H,3-6H2;2-6H,1H3;2H. The number of rotatable bonds is 6. The first-order chi connectivity index (χ1) is 37.8.